The lowest BCUT2D eigenvalue weighted by Crippen LogP contribution is -2.23. The maximum atomic E-state index is 5.87. The molecule has 0 unspecified atom stereocenters. The SMILES string of the molecule is COc1cc(/C=N/NC(N)=S)cc(Br)c1OCc1ccccc1. The van der Waals surface area contributed by atoms with Crippen LogP contribution in [0.25, 0.3) is 0 Å². The first kappa shape index (κ1) is 17.2. The van der Waals surface area contributed by atoms with Crippen molar-refractivity contribution >= 4 is 39.5 Å². The van der Waals surface area contributed by atoms with Crippen molar-refractivity contribution in [3.8, 4) is 11.5 Å². The van der Waals surface area contributed by atoms with Gasteiger partial charge in [0.1, 0.15) is 6.61 Å². The van der Waals surface area contributed by atoms with Crippen molar-refractivity contribution in [2.45, 2.75) is 6.61 Å². The highest BCUT2D eigenvalue weighted by Gasteiger charge is 2.11. The fourth-order valence-corrected chi connectivity index (χ4v) is 2.48. The minimum Gasteiger partial charge on any atom is -0.493 e. The fourth-order valence-electron chi connectivity index (χ4n) is 1.85. The smallest absolute Gasteiger partial charge is 0.184 e. The summed E-state index contributed by atoms with van der Waals surface area (Å²) in [6.45, 7) is 0.451. The summed E-state index contributed by atoms with van der Waals surface area (Å²) in [6.07, 6.45) is 1.59. The van der Waals surface area contributed by atoms with E-state index in [2.05, 4.69) is 38.7 Å². The molecule has 0 aliphatic heterocycles. The van der Waals surface area contributed by atoms with Gasteiger partial charge < -0.3 is 15.2 Å². The minimum absolute atomic E-state index is 0.107. The Balaban J connectivity index is 2.16. The quantitative estimate of drug-likeness (QED) is 0.448. The average Bonchev–Trinajstić information content (AvgIpc) is 2.54. The molecule has 2 aromatic carbocycles. The third-order valence-corrected chi connectivity index (χ3v) is 3.55. The fraction of sp³-hybridized carbons (Fsp3) is 0.125. The predicted octanol–water partition coefficient (Wildman–Crippen LogP) is 3.20. The van der Waals surface area contributed by atoms with Crippen LogP contribution in [0.5, 0.6) is 11.5 Å². The molecule has 0 saturated heterocycles. The Morgan fingerprint density at radius 1 is 1.35 bits per heavy atom. The highest BCUT2D eigenvalue weighted by atomic mass is 79.9. The summed E-state index contributed by atoms with van der Waals surface area (Å²) >= 11 is 8.18. The summed E-state index contributed by atoms with van der Waals surface area (Å²) in [5, 5.41) is 4.03. The molecular formula is C16H16BrN3O2S. The number of hydrogen-bond acceptors (Lipinski definition) is 4. The Morgan fingerprint density at radius 2 is 2.09 bits per heavy atom. The van der Waals surface area contributed by atoms with E-state index in [0.29, 0.717) is 18.1 Å². The van der Waals surface area contributed by atoms with Gasteiger partial charge in [0, 0.05) is 0 Å². The van der Waals surface area contributed by atoms with Crippen molar-refractivity contribution in [2.75, 3.05) is 7.11 Å². The number of nitrogens with one attached hydrogen (secondary N) is 1. The summed E-state index contributed by atoms with van der Waals surface area (Å²) in [6, 6.07) is 13.6. The molecule has 0 spiro atoms. The van der Waals surface area contributed by atoms with Gasteiger partial charge in [-0.05, 0) is 51.4 Å². The number of rotatable bonds is 6. The molecule has 0 aromatic heterocycles. The van der Waals surface area contributed by atoms with E-state index in [0.717, 1.165) is 15.6 Å². The molecule has 2 aromatic rings. The number of nitrogens with two attached hydrogens (primary N) is 1. The highest BCUT2D eigenvalue weighted by molar-refractivity contribution is 9.10. The summed E-state index contributed by atoms with van der Waals surface area (Å²) in [5.74, 6) is 1.24. The van der Waals surface area contributed by atoms with Gasteiger partial charge >= 0.3 is 0 Å². The first-order chi connectivity index (χ1) is 11.1. The topological polar surface area (TPSA) is 68.9 Å². The van der Waals surface area contributed by atoms with E-state index in [1.807, 2.05) is 42.5 Å². The number of nitrogens with zero attached hydrogens (tertiary/aromatic N) is 1. The van der Waals surface area contributed by atoms with Crippen LogP contribution < -0.4 is 20.6 Å². The maximum Gasteiger partial charge on any atom is 0.184 e. The molecule has 0 atom stereocenters. The molecule has 23 heavy (non-hydrogen) atoms. The van der Waals surface area contributed by atoms with Crippen LogP contribution in [0.4, 0.5) is 0 Å². The molecule has 2 rings (SSSR count). The summed E-state index contributed by atoms with van der Waals surface area (Å²) in [5.41, 5.74) is 9.70. The van der Waals surface area contributed by atoms with Crippen molar-refractivity contribution in [2.24, 2.45) is 10.8 Å². The van der Waals surface area contributed by atoms with Crippen molar-refractivity contribution in [3.05, 3.63) is 58.1 Å². The number of hydrazone groups is 1. The molecule has 0 bridgehead atoms. The van der Waals surface area contributed by atoms with Crippen LogP contribution in [0.1, 0.15) is 11.1 Å². The molecule has 5 nitrogen and oxygen atoms in total. The number of thiocarbonyl (C=S) groups is 1. The first-order valence-electron chi connectivity index (χ1n) is 6.73. The summed E-state index contributed by atoms with van der Waals surface area (Å²) < 4.78 is 12.0. The molecule has 0 aliphatic carbocycles. The van der Waals surface area contributed by atoms with E-state index >= 15 is 0 Å². The van der Waals surface area contributed by atoms with Gasteiger partial charge in [0.25, 0.3) is 0 Å². The Labute approximate surface area is 148 Å². The standard InChI is InChI=1S/C16H16BrN3O2S/c1-21-14-8-12(9-19-20-16(18)23)7-13(17)15(14)22-10-11-5-3-2-4-6-11/h2-9H,10H2,1H3,(H3,18,20,23)/b19-9+. The number of methoxy groups -OCH3 is 1. The van der Waals surface area contributed by atoms with Gasteiger partial charge in [-0.3, -0.25) is 5.43 Å². The van der Waals surface area contributed by atoms with Gasteiger partial charge in [-0.15, -0.1) is 0 Å². The number of halogens is 1. The number of hydrogen-bond donors (Lipinski definition) is 2. The van der Waals surface area contributed by atoms with Crippen LogP contribution in [0.15, 0.2) is 52.0 Å². The van der Waals surface area contributed by atoms with Crippen molar-refractivity contribution in [1.29, 1.82) is 0 Å². The zero-order valence-electron chi connectivity index (χ0n) is 12.5. The third kappa shape index (κ3) is 5.22. The largest absolute Gasteiger partial charge is 0.493 e. The Morgan fingerprint density at radius 3 is 2.74 bits per heavy atom. The summed E-state index contributed by atoms with van der Waals surface area (Å²) in [4.78, 5) is 0. The molecule has 0 amide bonds. The molecule has 0 heterocycles. The van der Waals surface area contributed by atoms with Crippen molar-refractivity contribution in [1.82, 2.24) is 5.43 Å². The van der Waals surface area contributed by atoms with Gasteiger partial charge in [0.05, 0.1) is 17.8 Å². The third-order valence-electron chi connectivity index (χ3n) is 2.87. The zero-order chi connectivity index (χ0) is 16.7. The zero-order valence-corrected chi connectivity index (χ0v) is 14.9. The Hall–Kier alpha value is -2.12. The second-order valence-electron chi connectivity index (χ2n) is 4.54. The van der Waals surface area contributed by atoms with Crippen LogP contribution in [0.3, 0.4) is 0 Å². The highest BCUT2D eigenvalue weighted by Crippen LogP contribution is 2.36. The van der Waals surface area contributed by atoms with Gasteiger partial charge in [0.2, 0.25) is 0 Å². The monoisotopic (exact) mass is 393 g/mol. The van der Waals surface area contributed by atoms with E-state index in [9.17, 15) is 0 Å². The van der Waals surface area contributed by atoms with Gasteiger partial charge in [-0.1, -0.05) is 30.3 Å². The van der Waals surface area contributed by atoms with Crippen LogP contribution in [0.2, 0.25) is 0 Å². The van der Waals surface area contributed by atoms with Gasteiger partial charge in [-0.25, -0.2) is 0 Å². The number of ether oxygens (including phenoxy) is 2. The van der Waals surface area contributed by atoms with E-state index in [1.54, 1.807) is 13.3 Å². The van der Waals surface area contributed by atoms with E-state index in [4.69, 9.17) is 15.2 Å². The molecule has 120 valence electrons. The van der Waals surface area contributed by atoms with Crippen molar-refractivity contribution < 1.29 is 9.47 Å². The minimum atomic E-state index is 0.107. The molecule has 0 radical (unpaired) electrons. The number of benzene rings is 2. The second-order valence-corrected chi connectivity index (χ2v) is 5.84. The lowest BCUT2D eigenvalue weighted by atomic mass is 10.2. The lowest BCUT2D eigenvalue weighted by molar-refractivity contribution is 0.282. The normalized spacial score (nSPS) is 10.5. The lowest BCUT2D eigenvalue weighted by Gasteiger charge is -2.13. The Bertz CT molecular complexity index is 708. The van der Waals surface area contributed by atoms with E-state index in [1.165, 1.54) is 0 Å². The van der Waals surface area contributed by atoms with Gasteiger partial charge in [-0.2, -0.15) is 5.10 Å². The Kier molecular flexibility index (Phi) is 6.37. The predicted molar refractivity (Wildman–Crippen MR) is 99.0 cm³/mol. The van der Waals surface area contributed by atoms with Crippen LogP contribution in [-0.4, -0.2) is 18.4 Å². The summed E-state index contributed by atoms with van der Waals surface area (Å²) in [7, 11) is 1.59. The molecule has 7 heteroatoms. The molecule has 0 fully saturated rings. The second kappa shape index (κ2) is 8.50. The molecule has 0 saturated carbocycles. The maximum absolute atomic E-state index is 5.87. The van der Waals surface area contributed by atoms with Gasteiger partial charge in [0.15, 0.2) is 16.6 Å². The van der Waals surface area contributed by atoms with Crippen molar-refractivity contribution in [3.63, 3.8) is 0 Å². The van der Waals surface area contributed by atoms with Crippen LogP contribution >= 0.6 is 28.1 Å². The van der Waals surface area contributed by atoms with Crippen LogP contribution in [-0.2, 0) is 6.61 Å². The molecule has 3 N–H and O–H groups in total. The average molecular weight is 394 g/mol. The van der Waals surface area contributed by atoms with Crippen LogP contribution in [0, 0.1) is 0 Å². The molecular weight excluding hydrogens is 378 g/mol. The first-order valence-corrected chi connectivity index (χ1v) is 7.93. The van der Waals surface area contributed by atoms with E-state index in [-0.39, 0.29) is 5.11 Å². The molecule has 0 aliphatic rings. The van der Waals surface area contributed by atoms with E-state index < -0.39 is 0 Å².